The molecule has 3 heteroatoms. The van der Waals surface area contributed by atoms with Gasteiger partial charge in [0.25, 0.3) is 0 Å². The number of rotatable bonds is 6. The van der Waals surface area contributed by atoms with Crippen molar-refractivity contribution in [2.45, 2.75) is 11.0 Å². The Kier molecular flexibility index (Phi) is 5.31. The minimum Gasteiger partial charge on any atom is -0.484 e. The molecule has 1 atom stereocenters. The highest BCUT2D eigenvalue weighted by Gasteiger charge is 2.11. The Morgan fingerprint density at radius 1 is 1.05 bits per heavy atom. The summed E-state index contributed by atoms with van der Waals surface area (Å²) >= 11 is 1.74. The number of ether oxygens (including phenoxy) is 1. The first-order valence-corrected chi connectivity index (χ1v) is 7.56. The lowest BCUT2D eigenvalue weighted by Gasteiger charge is -2.19. The van der Waals surface area contributed by atoms with Crippen LogP contribution in [0.5, 0.6) is 5.75 Å². The summed E-state index contributed by atoms with van der Waals surface area (Å²) in [6.45, 7) is 0.786. The monoisotopic (exact) mass is 273 g/mol. The molecule has 0 saturated carbocycles. The fourth-order valence-electron chi connectivity index (χ4n) is 1.90. The van der Waals surface area contributed by atoms with Crippen LogP contribution < -0.4 is 10.1 Å². The molecule has 2 aromatic carbocycles. The van der Waals surface area contributed by atoms with Crippen LogP contribution in [0.1, 0.15) is 11.7 Å². The van der Waals surface area contributed by atoms with Crippen LogP contribution in [0.4, 0.5) is 0 Å². The summed E-state index contributed by atoms with van der Waals surface area (Å²) in [5.41, 5.74) is 1.19. The molecule has 0 heterocycles. The maximum Gasteiger partial charge on any atom is 0.136 e. The van der Waals surface area contributed by atoms with Crippen LogP contribution in [0, 0.1) is 0 Å². The van der Waals surface area contributed by atoms with Crippen LogP contribution in [0.15, 0.2) is 59.5 Å². The number of hydrogen-bond acceptors (Lipinski definition) is 3. The molecule has 0 bridgehead atoms. The molecule has 0 spiro atoms. The van der Waals surface area contributed by atoms with Gasteiger partial charge in [-0.05, 0) is 43.1 Å². The molecule has 1 N–H and O–H groups in total. The van der Waals surface area contributed by atoms with Crippen molar-refractivity contribution in [1.29, 1.82) is 0 Å². The summed E-state index contributed by atoms with van der Waals surface area (Å²) in [7, 11) is 1.94. The molecule has 0 aromatic heterocycles. The van der Waals surface area contributed by atoms with Crippen molar-refractivity contribution in [3.05, 3.63) is 60.2 Å². The molecule has 0 radical (unpaired) electrons. The van der Waals surface area contributed by atoms with Gasteiger partial charge < -0.3 is 10.1 Å². The largest absolute Gasteiger partial charge is 0.484 e. The molecule has 0 aliphatic carbocycles. The Hall–Kier alpha value is -1.45. The molecule has 2 rings (SSSR count). The van der Waals surface area contributed by atoms with E-state index < -0.39 is 0 Å². The summed E-state index contributed by atoms with van der Waals surface area (Å²) in [6.07, 6.45) is 2.11. The van der Waals surface area contributed by atoms with Gasteiger partial charge in [-0.3, -0.25) is 0 Å². The Labute approximate surface area is 119 Å². The van der Waals surface area contributed by atoms with Crippen molar-refractivity contribution >= 4 is 11.8 Å². The first-order chi connectivity index (χ1) is 9.33. The lowest BCUT2D eigenvalue weighted by atomic mass is 10.1. The predicted molar refractivity (Wildman–Crippen MR) is 82.0 cm³/mol. The molecule has 19 heavy (non-hydrogen) atoms. The third kappa shape index (κ3) is 4.01. The number of thioether (sulfide) groups is 1. The van der Waals surface area contributed by atoms with Gasteiger partial charge in [0.1, 0.15) is 11.9 Å². The van der Waals surface area contributed by atoms with Crippen molar-refractivity contribution in [2.75, 3.05) is 19.8 Å². The van der Waals surface area contributed by atoms with E-state index in [4.69, 9.17) is 4.74 Å². The first kappa shape index (κ1) is 14.0. The number of benzene rings is 2. The van der Waals surface area contributed by atoms with Crippen molar-refractivity contribution in [3.63, 3.8) is 0 Å². The highest BCUT2D eigenvalue weighted by molar-refractivity contribution is 7.98. The predicted octanol–water partition coefficient (Wildman–Crippen LogP) is 3.75. The minimum atomic E-state index is 0.0336. The van der Waals surface area contributed by atoms with Crippen LogP contribution >= 0.6 is 11.8 Å². The fraction of sp³-hybridized carbons (Fsp3) is 0.250. The van der Waals surface area contributed by atoms with Crippen LogP contribution in [-0.4, -0.2) is 19.8 Å². The number of likely N-dealkylation sites (N-methyl/N-ethyl adjacent to an activating group) is 1. The molecule has 100 valence electrons. The molecule has 0 aliphatic heterocycles. The zero-order chi connectivity index (χ0) is 13.5. The maximum absolute atomic E-state index is 6.07. The molecule has 0 saturated heterocycles. The molecular formula is C16H19NOS. The zero-order valence-corrected chi connectivity index (χ0v) is 12.1. The molecule has 0 amide bonds. The molecule has 2 nitrogen and oxygen atoms in total. The van der Waals surface area contributed by atoms with Crippen molar-refractivity contribution < 1.29 is 4.74 Å². The number of hydrogen-bond donors (Lipinski definition) is 1. The lowest BCUT2D eigenvalue weighted by molar-refractivity contribution is 0.205. The average molecular weight is 273 g/mol. The van der Waals surface area contributed by atoms with E-state index in [1.165, 1.54) is 10.5 Å². The lowest BCUT2D eigenvalue weighted by Crippen LogP contribution is -2.21. The highest BCUT2D eigenvalue weighted by Crippen LogP contribution is 2.24. The SMILES string of the molecule is CNCC(Oc1ccc(SC)cc1)c1ccccc1. The van der Waals surface area contributed by atoms with E-state index in [1.807, 2.05) is 37.4 Å². The Bertz CT molecular complexity index is 484. The Balaban J connectivity index is 2.11. The van der Waals surface area contributed by atoms with Gasteiger partial charge in [0.2, 0.25) is 0 Å². The minimum absolute atomic E-state index is 0.0336. The van der Waals surface area contributed by atoms with E-state index in [9.17, 15) is 0 Å². The summed E-state index contributed by atoms with van der Waals surface area (Å²) in [6, 6.07) is 18.5. The normalized spacial score (nSPS) is 12.1. The van der Waals surface area contributed by atoms with E-state index in [0.29, 0.717) is 0 Å². The van der Waals surface area contributed by atoms with Crippen LogP contribution in [-0.2, 0) is 0 Å². The third-order valence-corrected chi connectivity index (χ3v) is 3.64. The Morgan fingerprint density at radius 3 is 2.32 bits per heavy atom. The zero-order valence-electron chi connectivity index (χ0n) is 11.3. The van der Waals surface area contributed by atoms with E-state index >= 15 is 0 Å². The summed E-state index contributed by atoms with van der Waals surface area (Å²) < 4.78 is 6.07. The first-order valence-electron chi connectivity index (χ1n) is 6.33. The van der Waals surface area contributed by atoms with Gasteiger partial charge in [0, 0.05) is 11.4 Å². The van der Waals surface area contributed by atoms with Gasteiger partial charge in [-0.2, -0.15) is 0 Å². The highest BCUT2D eigenvalue weighted by atomic mass is 32.2. The van der Waals surface area contributed by atoms with Gasteiger partial charge >= 0.3 is 0 Å². The van der Waals surface area contributed by atoms with Crippen molar-refractivity contribution in [3.8, 4) is 5.75 Å². The summed E-state index contributed by atoms with van der Waals surface area (Å²) in [4.78, 5) is 1.25. The molecule has 2 aromatic rings. The maximum atomic E-state index is 6.07. The van der Waals surface area contributed by atoms with Gasteiger partial charge in [-0.25, -0.2) is 0 Å². The van der Waals surface area contributed by atoms with Gasteiger partial charge in [0.05, 0.1) is 0 Å². The second-order valence-corrected chi connectivity index (χ2v) is 5.13. The van der Waals surface area contributed by atoms with Gasteiger partial charge in [-0.15, -0.1) is 11.8 Å². The molecule has 0 fully saturated rings. The topological polar surface area (TPSA) is 21.3 Å². The fourth-order valence-corrected chi connectivity index (χ4v) is 2.31. The standard InChI is InChI=1S/C16H19NOS/c1-17-12-16(13-6-4-3-5-7-13)18-14-8-10-15(19-2)11-9-14/h3-11,16-17H,12H2,1-2H3. The van der Waals surface area contributed by atoms with Gasteiger partial charge in [-0.1, -0.05) is 30.3 Å². The van der Waals surface area contributed by atoms with E-state index in [1.54, 1.807) is 11.8 Å². The van der Waals surface area contributed by atoms with E-state index in [2.05, 4.69) is 35.8 Å². The van der Waals surface area contributed by atoms with E-state index in [-0.39, 0.29) is 6.10 Å². The van der Waals surface area contributed by atoms with Crippen LogP contribution in [0.25, 0.3) is 0 Å². The third-order valence-electron chi connectivity index (χ3n) is 2.90. The molecule has 0 aliphatic rings. The van der Waals surface area contributed by atoms with Crippen molar-refractivity contribution in [2.24, 2.45) is 0 Å². The van der Waals surface area contributed by atoms with Gasteiger partial charge in [0.15, 0.2) is 0 Å². The molecule has 1 unspecified atom stereocenters. The average Bonchev–Trinajstić information content (AvgIpc) is 2.48. The number of nitrogens with one attached hydrogen (secondary N) is 1. The van der Waals surface area contributed by atoms with Crippen molar-refractivity contribution in [1.82, 2.24) is 5.32 Å². The van der Waals surface area contributed by atoms with Crippen LogP contribution in [0.3, 0.4) is 0 Å². The second-order valence-electron chi connectivity index (χ2n) is 4.25. The summed E-state index contributed by atoms with van der Waals surface area (Å²) in [5, 5.41) is 3.18. The van der Waals surface area contributed by atoms with Crippen LogP contribution in [0.2, 0.25) is 0 Å². The molecular weight excluding hydrogens is 254 g/mol. The second kappa shape index (κ2) is 7.22. The Morgan fingerprint density at radius 2 is 1.74 bits per heavy atom. The van der Waals surface area contributed by atoms with E-state index in [0.717, 1.165) is 12.3 Å². The quantitative estimate of drug-likeness (QED) is 0.810. The smallest absolute Gasteiger partial charge is 0.136 e. The summed E-state index contributed by atoms with van der Waals surface area (Å²) in [5.74, 6) is 0.905.